The highest BCUT2D eigenvalue weighted by Crippen LogP contribution is 2.03. The summed E-state index contributed by atoms with van der Waals surface area (Å²) in [5.41, 5.74) is 0. The SMILES string of the molecule is CCC[N+](O)(CCC)CC[O-]. The number of hydrogen-bond donors (Lipinski definition) is 1. The maximum absolute atomic E-state index is 10.3. The molecular weight excluding hydrogens is 142 g/mol. The summed E-state index contributed by atoms with van der Waals surface area (Å²) in [5.74, 6) is 0. The molecule has 0 fully saturated rings. The van der Waals surface area contributed by atoms with E-state index in [0.29, 0.717) is 19.6 Å². The van der Waals surface area contributed by atoms with Gasteiger partial charge >= 0.3 is 0 Å². The van der Waals surface area contributed by atoms with Gasteiger partial charge in [0.2, 0.25) is 0 Å². The van der Waals surface area contributed by atoms with Crippen molar-refractivity contribution in [2.75, 3.05) is 26.2 Å². The quantitative estimate of drug-likeness (QED) is 0.452. The van der Waals surface area contributed by atoms with Gasteiger partial charge in [0.15, 0.2) is 0 Å². The van der Waals surface area contributed by atoms with Gasteiger partial charge in [-0.1, -0.05) is 20.5 Å². The van der Waals surface area contributed by atoms with Crippen molar-refractivity contribution in [3.8, 4) is 0 Å². The molecule has 0 aliphatic heterocycles. The zero-order chi connectivity index (χ0) is 8.74. The number of hydroxylamine groups is 3. The Morgan fingerprint density at radius 1 is 1.09 bits per heavy atom. The van der Waals surface area contributed by atoms with Gasteiger partial charge in [0, 0.05) is 0 Å². The van der Waals surface area contributed by atoms with Gasteiger partial charge in [0.1, 0.15) is 13.1 Å². The van der Waals surface area contributed by atoms with Crippen LogP contribution in [0.4, 0.5) is 0 Å². The van der Waals surface area contributed by atoms with Crippen LogP contribution in [0.15, 0.2) is 0 Å². The Labute approximate surface area is 68.8 Å². The normalized spacial score (nSPS) is 12.0. The molecular formula is C8H19NO2. The van der Waals surface area contributed by atoms with E-state index in [4.69, 9.17) is 0 Å². The molecule has 0 aromatic heterocycles. The molecule has 0 radical (unpaired) electrons. The van der Waals surface area contributed by atoms with Crippen LogP contribution in [0, 0.1) is 0 Å². The van der Waals surface area contributed by atoms with Crippen LogP contribution < -0.4 is 5.11 Å². The summed E-state index contributed by atoms with van der Waals surface area (Å²) in [6, 6.07) is 0. The van der Waals surface area contributed by atoms with E-state index in [9.17, 15) is 10.3 Å². The summed E-state index contributed by atoms with van der Waals surface area (Å²) in [5, 5.41) is 20.1. The first-order valence-electron chi connectivity index (χ1n) is 4.35. The Hall–Kier alpha value is -0.120. The van der Waals surface area contributed by atoms with Gasteiger partial charge in [-0.15, -0.1) is 0 Å². The number of rotatable bonds is 6. The minimum atomic E-state index is -0.184. The molecule has 0 saturated carbocycles. The van der Waals surface area contributed by atoms with Crippen molar-refractivity contribution in [2.24, 2.45) is 0 Å². The van der Waals surface area contributed by atoms with Gasteiger partial charge in [0.25, 0.3) is 0 Å². The first-order chi connectivity index (χ1) is 5.18. The molecule has 0 aliphatic carbocycles. The Morgan fingerprint density at radius 3 is 1.82 bits per heavy atom. The van der Waals surface area contributed by atoms with Gasteiger partial charge in [-0.2, -0.15) is 4.65 Å². The summed E-state index contributed by atoms with van der Waals surface area (Å²) < 4.78 is -0.0312. The number of hydrogen-bond acceptors (Lipinski definition) is 2. The lowest BCUT2D eigenvalue weighted by Crippen LogP contribution is -2.49. The van der Waals surface area contributed by atoms with Crippen molar-refractivity contribution in [1.82, 2.24) is 0 Å². The predicted molar refractivity (Wildman–Crippen MR) is 42.1 cm³/mol. The zero-order valence-electron chi connectivity index (χ0n) is 7.55. The van der Waals surface area contributed by atoms with Crippen LogP contribution in [-0.2, 0) is 0 Å². The zero-order valence-corrected chi connectivity index (χ0v) is 7.55. The Morgan fingerprint density at radius 2 is 1.55 bits per heavy atom. The van der Waals surface area contributed by atoms with Crippen molar-refractivity contribution in [3.63, 3.8) is 0 Å². The van der Waals surface area contributed by atoms with Crippen LogP contribution in [0.2, 0.25) is 0 Å². The lowest BCUT2D eigenvalue weighted by Gasteiger charge is -2.30. The Kier molecular flexibility index (Phi) is 5.46. The second kappa shape index (κ2) is 5.52. The summed E-state index contributed by atoms with van der Waals surface area (Å²) in [6.07, 6.45) is 1.85. The predicted octanol–water partition coefficient (Wildman–Crippen LogP) is 0.373. The average Bonchev–Trinajstić information content (AvgIpc) is 1.88. The summed E-state index contributed by atoms with van der Waals surface area (Å²) in [7, 11) is 0. The molecule has 0 aromatic rings. The fourth-order valence-corrected chi connectivity index (χ4v) is 1.34. The van der Waals surface area contributed by atoms with Crippen LogP contribution in [0.1, 0.15) is 26.7 Å². The van der Waals surface area contributed by atoms with Crippen LogP contribution in [0.25, 0.3) is 0 Å². The van der Waals surface area contributed by atoms with Crippen molar-refractivity contribution in [2.45, 2.75) is 26.7 Å². The molecule has 0 aromatic carbocycles. The fourth-order valence-electron chi connectivity index (χ4n) is 1.34. The molecule has 68 valence electrons. The fraction of sp³-hybridized carbons (Fsp3) is 1.00. The average molecular weight is 161 g/mol. The second-order valence-corrected chi connectivity index (χ2v) is 2.97. The van der Waals surface area contributed by atoms with Crippen molar-refractivity contribution >= 4 is 0 Å². The third-order valence-corrected chi connectivity index (χ3v) is 1.79. The van der Waals surface area contributed by atoms with E-state index in [-0.39, 0.29) is 11.3 Å². The molecule has 0 heterocycles. The number of quaternary nitrogens is 1. The first-order valence-corrected chi connectivity index (χ1v) is 4.35. The molecule has 3 heteroatoms. The van der Waals surface area contributed by atoms with E-state index in [1.54, 1.807) is 0 Å². The monoisotopic (exact) mass is 161 g/mol. The third-order valence-electron chi connectivity index (χ3n) is 1.79. The van der Waals surface area contributed by atoms with Gasteiger partial charge in [-0.05, 0) is 12.8 Å². The molecule has 0 rings (SSSR count). The van der Waals surface area contributed by atoms with E-state index >= 15 is 0 Å². The summed E-state index contributed by atoms with van der Waals surface area (Å²) in [4.78, 5) is 0. The molecule has 0 saturated heterocycles. The van der Waals surface area contributed by atoms with Crippen molar-refractivity contribution < 1.29 is 15.0 Å². The minimum Gasteiger partial charge on any atom is -0.850 e. The first kappa shape index (κ1) is 10.9. The highest BCUT2D eigenvalue weighted by molar-refractivity contribution is 4.33. The van der Waals surface area contributed by atoms with E-state index in [2.05, 4.69) is 0 Å². The second-order valence-electron chi connectivity index (χ2n) is 2.97. The Balaban J connectivity index is 3.79. The molecule has 11 heavy (non-hydrogen) atoms. The maximum atomic E-state index is 10.3. The summed E-state index contributed by atoms with van der Waals surface area (Å²) in [6.45, 7) is 5.61. The topological polar surface area (TPSA) is 43.3 Å². The standard InChI is InChI=1S/C8H19NO2/c1-3-5-9(11,6-4-2)7-8-10/h11H,3-8H2,1-2H3. The van der Waals surface area contributed by atoms with Gasteiger partial charge < -0.3 is 5.11 Å². The van der Waals surface area contributed by atoms with Crippen molar-refractivity contribution in [3.05, 3.63) is 0 Å². The van der Waals surface area contributed by atoms with Crippen LogP contribution in [0.3, 0.4) is 0 Å². The van der Waals surface area contributed by atoms with E-state index in [1.807, 2.05) is 13.8 Å². The third kappa shape index (κ3) is 4.35. The molecule has 0 aliphatic rings. The molecule has 3 nitrogen and oxygen atoms in total. The highest BCUT2D eigenvalue weighted by Gasteiger charge is 2.19. The van der Waals surface area contributed by atoms with Crippen LogP contribution >= 0.6 is 0 Å². The van der Waals surface area contributed by atoms with E-state index in [0.717, 1.165) is 12.8 Å². The molecule has 1 N–H and O–H groups in total. The molecule has 0 spiro atoms. The van der Waals surface area contributed by atoms with E-state index in [1.165, 1.54) is 0 Å². The maximum Gasteiger partial charge on any atom is 0.108 e. The lowest BCUT2D eigenvalue weighted by atomic mass is 10.3. The Bertz CT molecular complexity index is 79.1. The highest BCUT2D eigenvalue weighted by atomic mass is 16.5. The summed E-state index contributed by atoms with van der Waals surface area (Å²) >= 11 is 0. The van der Waals surface area contributed by atoms with E-state index < -0.39 is 0 Å². The van der Waals surface area contributed by atoms with Gasteiger partial charge in [0.05, 0.1) is 6.54 Å². The smallest absolute Gasteiger partial charge is 0.108 e. The number of nitrogens with zero attached hydrogens (tertiary/aromatic N) is 1. The minimum absolute atomic E-state index is 0.0312. The lowest BCUT2D eigenvalue weighted by molar-refractivity contribution is -1.10. The molecule has 0 amide bonds. The molecule has 0 unspecified atom stereocenters. The van der Waals surface area contributed by atoms with Crippen LogP contribution in [-0.4, -0.2) is 36.1 Å². The molecule has 0 atom stereocenters. The van der Waals surface area contributed by atoms with Gasteiger partial charge in [-0.3, -0.25) is 0 Å². The molecule has 0 bridgehead atoms. The van der Waals surface area contributed by atoms with Gasteiger partial charge in [-0.25, -0.2) is 5.21 Å². The van der Waals surface area contributed by atoms with Crippen molar-refractivity contribution in [1.29, 1.82) is 0 Å². The van der Waals surface area contributed by atoms with Crippen LogP contribution in [0.5, 0.6) is 0 Å². The largest absolute Gasteiger partial charge is 0.850 e.